The van der Waals surface area contributed by atoms with Gasteiger partial charge >= 0.3 is 0 Å². The van der Waals surface area contributed by atoms with E-state index < -0.39 is 0 Å². The summed E-state index contributed by atoms with van der Waals surface area (Å²) in [6.07, 6.45) is 0.120. The molecule has 3 aromatic carbocycles. The van der Waals surface area contributed by atoms with Crippen LogP contribution >= 0.6 is 15.9 Å². The molecule has 1 N–H and O–H groups in total. The molecule has 0 aromatic heterocycles. The lowest BCUT2D eigenvalue weighted by Crippen LogP contribution is -2.38. The average molecular weight is 469 g/mol. The van der Waals surface area contributed by atoms with E-state index in [1.165, 1.54) is 12.1 Å². The van der Waals surface area contributed by atoms with Crippen LogP contribution in [0.3, 0.4) is 0 Å². The smallest absolute Gasteiger partial charge is 0.265 e. The number of carbonyl (C=O) groups excluding carboxylic acids is 2. The van der Waals surface area contributed by atoms with Crippen molar-refractivity contribution in [3.8, 4) is 5.75 Å². The van der Waals surface area contributed by atoms with E-state index in [4.69, 9.17) is 4.74 Å². The van der Waals surface area contributed by atoms with Crippen LogP contribution in [0.2, 0.25) is 0 Å². The predicted octanol–water partition coefficient (Wildman–Crippen LogP) is 4.70. The first-order valence-electron chi connectivity index (χ1n) is 9.34. The Morgan fingerprint density at radius 3 is 2.47 bits per heavy atom. The topological polar surface area (TPSA) is 58.6 Å². The molecule has 0 bridgehead atoms. The zero-order valence-corrected chi connectivity index (χ0v) is 17.5. The summed E-state index contributed by atoms with van der Waals surface area (Å²) in [6, 6.07) is 18.7. The van der Waals surface area contributed by atoms with E-state index >= 15 is 0 Å². The van der Waals surface area contributed by atoms with Crippen LogP contribution in [-0.2, 0) is 22.6 Å². The summed E-state index contributed by atoms with van der Waals surface area (Å²) >= 11 is 3.41. The van der Waals surface area contributed by atoms with Crippen LogP contribution in [0, 0.1) is 5.82 Å². The highest BCUT2D eigenvalue weighted by atomic mass is 79.9. The number of amides is 2. The quantitative estimate of drug-likeness (QED) is 0.590. The number of benzene rings is 3. The Bertz CT molecular complexity index is 1080. The second-order valence-corrected chi connectivity index (χ2v) is 7.84. The number of nitrogens with one attached hydrogen (secondary N) is 1. The number of rotatable bonds is 5. The second kappa shape index (κ2) is 8.67. The lowest BCUT2D eigenvalue weighted by atomic mass is 10.1. The van der Waals surface area contributed by atoms with Gasteiger partial charge in [0.05, 0.1) is 18.7 Å². The third-order valence-corrected chi connectivity index (χ3v) is 5.25. The molecule has 3 aromatic rings. The van der Waals surface area contributed by atoms with Crippen LogP contribution in [0.5, 0.6) is 5.75 Å². The van der Waals surface area contributed by atoms with Crippen molar-refractivity contribution in [3.05, 3.63) is 88.1 Å². The zero-order chi connectivity index (χ0) is 21.1. The summed E-state index contributed by atoms with van der Waals surface area (Å²) in [5, 5.41) is 2.83. The molecule has 0 spiro atoms. The van der Waals surface area contributed by atoms with Crippen LogP contribution in [0.25, 0.3) is 0 Å². The number of halogens is 2. The minimum absolute atomic E-state index is 0.0280. The molecule has 0 saturated heterocycles. The van der Waals surface area contributed by atoms with Crippen LogP contribution < -0.4 is 15.0 Å². The van der Waals surface area contributed by atoms with Gasteiger partial charge in [-0.15, -0.1) is 0 Å². The number of hydrogen-bond donors (Lipinski definition) is 1. The second-order valence-electron chi connectivity index (χ2n) is 6.93. The van der Waals surface area contributed by atoms with Crippen molar-refractivity contribution < 1.29 is 18.7 Å². The third kappa shape index (κ3) is 4.68. The van der Waals surface area contributed by atoms with E-state index in [9.17, 15) is 14.0 Å². The molecular weight excluding hydrogens is 451 g/mol. The van der Waals surface area contributed by atoms with E-state index in [-0.39, 0.29) is 30.7 Å². The van der Waals surface area contributed by atoms with Gasteiger partial charge in [0, 0.05) is 10.2 Å². The molecule has 0 unspecified atom stereocenters. The van der Waals surface area contributed by atoms with E-state index in [2.05, 4.69) is 21.2 Å². The van der Waals surface area contributed by atoms with Gasteiger partial charge in [-0.2, -0.15) is 0 Å². The van der Waals surface area contributed by atoms with Crippen LogP contribution in [0.4, 0.5) is 15.8 Å². The van der Waals surface area contributed by atoms with Crippen LogP contribution in [-0.4, -0.2) is 18.4 Å². The van der Waals surface area contributed by atoms with E-state index in [1.807, 2.05) is 24.3 Å². The Morgan fingerprint density at radius 2 is 1.73 bits per heavy atom. The molecule has 1 aliphatic heterocycles. The lowest BCUT2D eigenvalue weighted by Gasteiger charge is -2.30. The summed E-state index contributed by atoms with van der Waals surface area (Å²) in [5.41, 5.74) is 2.85. The Balaban J connectivity index is 1.52. The fourth-order valence-electron chi connectivity index (χ4n) is 3.22. The van der Waals surface area contributed by atoms with Crippen molar-refractivity contribution in [2.24, 2.45) is 0 Å². The SMILES string of the molecule is O=C(Cc1ccc(F)cc1)Nc1ccc2c(c1)N(Cc1ccc(Br)cc1)C(=O)CO2. The van der Waals surface area contributed by atoms with Gasteiger partial charge in [-0.25, -0.2) is 4.39 Å². The highest BCUT2D eigenvalue weighted by Gasteiger charge is 2.26. The molecule has 1 heterocycles. The summed E-state index contributed by atoms with van der Waals surface area (Å²) < 4.78 is 19.5. The van der Waals surface area contributed by atoms with Crippen molar-refractivity contribution in [3.63, 3.8) is 0 Å². The standard InChI is InChI=1S/C23H18BrFN2O3/c24-17-5-1-16(2-6-17)13-27-20-12-19(9-10-21(20)30-14-23(27)29)26-22(28)11-15-3-7-18(25)8-4-15/h1-10,12H,11,13-14H2,(H,26,28). The average Bonchev–Trinajstić information content (AvgIpc) is 2.73. The summed E-state index contributed by atoms with van der Waals surface area (Å²) in [5.74, 6) is -0.142. The molecule has 0 saturated carbocycles. The fourth-order valence-corrected chi connectivity index (χ4v) is 3.48. The van der Waals surface area contributed by atoms with Crippen molar-refractivity contribution in [2.75, 3.05) is 16.8 Å². The van der Waals surface area contributed by atoms with Gasteiger partial charge in [-0.05, 0) is 53.6 Å². The molecule has 30 heavy (non-hydrogen) atoms. The Kier molecular flexibility index (Phi) is 5.81. The molecule has 152 valence electrons. The molecule has 0 radical (unpaired) electrons. The number of anilines is 2. The molecule has 0 fully saturated rings. The number of fused-ring (bicyclic) bond motifs is 1. The van der Waals surface area contributed by atoms with Gasteiger partial charge in [-0.3, -0.25) is 9.59 Å². The lowest BCUT2D eigenvalue weighted by molar-refractivity contribution is -0.121. The van der Waals surface area contributed by atoms with Gasteiger partial charge in [0.2, 0.25) is 5.91 Å². The minimum Gasteiger partial charge on any atom is -0.482 e. The van der Waals surface area contributed by atoms with E-state index in [0.717, 1.165) is 10.0 Å². The molecule has 1 aliphatic rings. The highest BCUT2D eigenvalue weighted by Crippen LogP contribution is 2.35. The minimum atomic E-state index is -0.343. The Morgan fingerprint density at radius 1 is 1.03 bits per heavy atom. The maximum Gasteiger partial charge on any atom is 0.265 e. The maximum atomic E-state index is 13.0. The van der Waals surface area contributed by atoms with Crippen molar-refractivity contribution >= 4 is 39.1 Å². The van der Waals surface area contributed by atoms with Crippen LogP contribution in [0.1, 0.15) is 11.1 Å². The Hall–Kier alpha value is -3.19. The normalized spacial score (nSPS) is 12.9. The monoisotopic (exact) mass is 468 g/mol. The first-order valence-corrected chi connectivity index (χ1v) is 10.1. The number of hydrogen-bond acceptors (Lipinski definition) is 3. The summed E-state index contributed by atoms with van der Waals surface area (Å²) in [6.45, 7) is 0.370. The van der Waals surface area contributed by atoms with Crippen molar-refractivity contribution in [1.29, 1.82) is 0 Å². The maximum absolute atomic E-state index is 13.0. The van der Waals surface area contributed by atoms with Gasteiger partial charge < -0.3 is 15.0 Å². The molecule has 2 amide bonds. The molecule has 7 heteroatoms. The van der Waals surface area contributed by atoms with Crippen LogP contribution in [0.15, 0.2) is 71.2 Å². The van der Waals surface area contributed by atoms with Gasteiger partial charge in [0.15, 0.2) is 6.61 Å². The number of ether oxygens (including phenoxy) is 1. The van der Waals surface area contributed by atoms with E-state index in [0.29, 0.717) is 29.2 Å². The predicted molar refractivity (Wildman–Crippen MR) is 116 cm³/mol. The van der Waals surface area contributed by atoms with Crippen molar-refractivity contribution in [2.45, 2.75) is 13.0 Å². The highest BCUT2D eigenvalue weighted by molar-refractivity contribution is 9.10. The van der Waals surface area contributed by atoms with Gasteiger partial charge in [0.1, 0.15) is 11.6 Å². The molecule has 4 rings (SSSR count). The Labute approximate surface area is 181 Å². The number of carbonyl (C=O) groups is 2. The molecule has 5 nitrogen and oxygen atoms in total. The third-order valence-electron chi connectivity index (χ3n) is 4.72. The zero-order valence-electron chi connectivity index (χ0n) is 15.9. The van der Waals surface area contributed by atoms with E-state index in [1.54, 1.807) is 35.2 Å². The first-order chi connectivity index (χ1) is 14.5. The van der Waals surface area contributed by atoms with Crippen molar-refractivity contribution in [1.82, 2.24) is 0 Å². The first kappa shape index (κ1) is 20.1. The largest absolute Gasteiger partial charge is 0.482 e. The summed E-state index contributed by atoms with van der Waals surface area (Å²) in [4.78, 5) is 26.5. The molecular formula is C23H18BrFN2O3. The fraction of sp³-hybridized carbons (Fsp3) is 0.130. The number of nitrogens with zero attached hydrogens (tertiary/aromatic N) is 1. The molecule has 0 atom stereocenters. The molecule has 0 aliphatic carbocycles. The van der Waals surface area contributed by atoms with Gasteiger partial charge in [-0.1, -0.05) is 40.2 Å². The summed E-state index contributed by atoms with van der Waals surface area (Å²) in [7, 11) is 0. The van der Waals surface area contributed by atoms with Gasteiger partial charge in [0.25, 0.3) is 5.91 Å².